The van der Waals surface area contributed by atoms with E-state index in [1.54, 1.807) is 0 Å². The van der Waals surface area contributed by atoms with E-state index >= 15 is 0 Å². The second-order valence-corrected chi connectivity index (χ2v) is 2.77. The Kier molecular flexibility index (Phi) is 2.89. The fourth-order valence-corrected chi connectivity index (χ4v) is 1.01. The van der Waals surface area contributed by atoms with E-state index in [4.69, 9.17) is 23.2 Å². The molecule has 0 aromatic heterocycles. The van der Waals surface area contributed by atoms with E-state index in [2.05, 4.69) is 5.32 Å². The molecule has 0 fully saturated rings. The maximum Gasteiger partial charge on any atom is 0.211 e. The van der Waals surface area contributed by atoms with Gasteiger partial charge in [0.15, 0.2) is 5.82 Å². The van der Waals surface area contributed by atoms with Gasteiger partial charge in [0.2, 0.25) is 6.41 Å². The van der Waals surface area contributed by atoms with Gasteiger partial charge in [0.1, 0.15) is 0 Å². The molecule has 64 valence electrons. The van der Waals surface area contributed by atoms with Crippen LogP contribution in [0.5, 0.6) is 0 Å². The Bertz CT molecular complexity index is 317. The Morgan fingerprint density at radius 3 is 2.67 bits per heavy atom. The van der Waals surface area contributed by atoms with Crippen molar-refractivity contribution >= 4 is 35.3 Å². The van der Waals surface area contributed by atoms with Crippen molar-refractivity contribution in [3.05, 3.63) is 28.0 Å². The van der Waals surface area contributed by atoms with Crippen molar-refractivity contribution in [1.29, 1.82) is 0 Å². The molecule has 1 aromatic rings. The first-order valence-corrected chi connectivity index (χ1v) is 3.76. The van der Waals surface area contributed by atoms with Crippen molar-refractivity contribution < 1.29 is 9.18 Å². The lowest BCUT2D eigenvalue weighted by atomic mass is 10.3. The molecular formula is C7H4Cl2FNO. The van der Waals surface area contributed by atoms with E-state index < -0.39 is 5.82 Å². The molecule has 0 aliphatic heterocycles. The third-order valence-electron chi connectivity index (χ3n) is 1.25. The Morgan fingerprint density at radius 2 is 2.08 bits per heavy atom. The highest BCUT2D eigenvalue weighted by molar-refractivity contribution is 6.42. The number of amides is 1. The van der Waals surface area contributed by atoms with Gasteiger partial charge in [-0.1, -0.05) is 23.2 Å². The Balaban J connectivity index is 3.16. The van der Waals surface area contributed by atoms with Crippen molar-refractivity contribution in [2.75, 3.05) is 5.32 Å². The van der Waals surface area contributed by atoms with Crippen LogP contribution < -0.4 is 5.32 Å². The molecule has 1 rings (SSSR count). The van der Waals surface area contributed by atoms with E-state index in [9.17, 15) is 9.18 Å². The molecule has 0 heterocycles. The van der Waals surface area contributed by atoms with Gasteiger partial charge in [0, 0.05) is 0 Å². The average molecular weight is 208 g/mol. The molecule has 0 saturated heterocycles. The molecule has 1 amide bonds. The number of anilines is 1. The van der Waals surface area contributed by atoms with Gasteiger partial charge in [-0.05, 0) is 12.1 Å². The summed E-state index contributed by atoms with van der Waals surface area (Å²) in [6, 6.07) is 2.73. The van der Waals surface area contributed by atoms with Crippen LogP contribution in [0.25, 0.3) is 0 Å². The number of benzene rings is 1. The van der Waals surface area contributed by atoms with Crippen molar-refractivity contribution in [1.82, 2.24) is 0 Å². The van der Waals surface area contributed by atoms with Crippen LogP contribution in [-0.2, 0) is 4.79 Å². The molecule has 0 unspecified atom stereocenters. The lowest BCUT2D eigenvalue weighted by Crippen LogP contribution is -1.97. The number of carbonyl (C=O) groups excluding carboxylic acids is 1. The summed E-state index contributed by atoms with van der Waals surface area (Å²) in [5, 5.41) is 2.07. The maximum atomic E-state index is 13.0. The van der Waals surface area contributed by atoms with Crippen LogP contribution in [0, 0.1) is 5.82 Å². The molecular weight excluding hydrogens is 204 g/mol. The zero-order valence-corrected chi connectivity index (χ0v) is 7.29. The average Bonchev–Trinajstić information content (AvgIpc) is 2.07. The molecule has 12 heavy (non-hydrogen) atoms. The molecule has 0 radical (unpaired) electrons. The fraction of sp³-hybridized carbons (Fsp3) is 0. The zero-order chi connectivity index (χ0) is 9.14. The van der Waals surface area contributed by atoms with Crippen molar-refractivity contribution in [2.45, 2.75) is 0 Å². The third-order valence-corrected chi connectivity index (χ3v) is 2.03. The molecule has 0 aliphatic carbocycles. The molecule has 0 saturated carbocycles. The first kappa shape index (κ1) is 9.29. The van der Waals surface area contributed by atoms with Crippen molar-refractivity contribution in [3.8, 4) is 0 Å². The van der Waals surface area contributed by atoms with Crippen LogP contribution >= 0.6 is 23.2 Å². The van der Waals surface area contributed by atoms with Gasteiger partial charge in [0.25, 0.3) is 0 Å². The number of halogens is 3. The van der Waals surface area contributed by atoms with E-state index in [0.717, 1.165) is 0 Å². The minimum atomic E-state index is -0.726. The number of rotatable bonds is 2. The molecule has 2 nitrogen and oxygen atoms in total. The fourth-order valence-electron chi connectivity index (χ4n) is 0.701. The molecule has 1 aromatic carbocycles. The van der Waals surface area contributed by atoms with Gasteiger partial charge in [-0.15, -0.1) is 0 Å². The van der Waals surface area contributed by atoms with Crippen LogP contribution in [0.4, 0.5) is 10.1 Å². The van der Waals surface area contributed by atoms with Gasteiger partial charge in [0.05, 0.1) is 15.7 Å². The number of carbonyl (C=O) groups is 1. The van der Waals surface area contributed by atoms with Gasteiger partial charge < -0.3 is 5.32 Å². The highest BCUT2D eigenvalue weighted by Crippen LogP contribution is 2.29. The van der Waals surface area contributed by atoms with E-state index in [1.165, 1.54) is 12.1 Å². The molecule has 0 atom stereocenters. The summed E-state index contributed by atoms with van der Waals surface area (Å²) in [5.41, 5.74) is 0.0133. The number of nitrogens with one attached hydrogen (secondary N) is 1. The third kappa shape index (κ3) is 1.68. The second-order valence-electron chi connectivity index (χ2n) is 1.99. The van der Waals surface area contributed by atoms with Crippen LogP contribution in [0.1, 0.15) is 0 Å². The molecule has 1 N–H and O–H groups in total. The Labute approximate surface area is 78.3 Å². The van der Waals surface area contributed by atoms with E-state index in [-0.39, 0.29) is 15.7 Å². The summed E-state index contributed by atoms with van der Waals surface area (Å²) < 4.78 is 13.0. The van der Waals surface area contributed by atoms with Crippen molar-refractivity contribution in [2.24, 2.45) is 0 Å². The van der Waals surface area contributed by atoms with E-state index in [1.807, 2.05) is 0 Å². The zero-order valence-electron chi connectivity index (χ0n) is 5.77. The first-order chi connectivity index (χ1) is 5.66. The summed E-state index contributed by atoms with van der Waals surface area (Å²) in [7, 11) is 0. The van der Waals surface area contributed by atoms with Gasteiger partial charge in [-0.2, -0.15) is 0 Å². The molecule has 5 heteroatoms. The largest absolute Gasteiger partial charge is 0.326 e. The SMILES string of the molecule is O=CNc1ccc(Cl)c(Cl)c1F. The standard InChI is InChI=1S/C7H4Cl2FNO/c8-4-1-2-5(11-3-12)7(10)6(4)9/h1-3H,(H,11,12). The lowest BCUT2D eigenvalue weighted by molar-refractivity contribution is -0.105. The minimum Gasteiger partial charge on any atom is -0.326 e. The summed E-state index contributed by atoms with van der Waals surface area (Å²) in [4.78, 5) is 9.97. The monoisotopic (exact) mass is 207 g/mol. The van der Waals surface area contributed by atoms with Crippen LogP contribution in [-0.4, -0.2) is 6.41 Å². The molecule has 0 aliphatic rings. The summed E-state index contributed by atoms with van der Waals surface area (Å²) in [6.07, 6.45) is 0.364. The summed E-state index contributed by atoms with van der Waals surface area (Å²) in [6.45, 7) is 0. The smallest absolute Gasteiger partial charge is 0.211 e. The molecule has 0 spiro atoms. The van der Waals surface area contributed by atoms with Crippen LogP contribution in [0.15, 0.2) is 12.1 Å². The maximum absolute atomic E-state index is 13.0. The number of hydrogen-bond acceptors (Lipinski definition) is 1. The highest BCUT2D eigenvalue weighted by atomic mass is 35.5. The van der Waals surface area contributed by atoms with Crippen LogP contribution in [0.2, 0.25) is 10.0 Å². The van der Waals surface area contributed by atoms with Gasteiger partial charge >= 0.3 is 0 Å². The molecule has 0 bridgehead atoms. The highest BCUT2D eigenvalue weighted by Gasteiger charge is 2.08. The van der Waals surface area contributed by atoms with E-state index in [0.29, 0.717) is 6.41 Å². The summed E-state index contributed by atoms with van der Waals surface area (Å²) >= 11 is 11.0. The van der Waals surface area contributed by atoms with Crippen molar-refractivity contribution in [3.63, 3.8) is 0 Å². The predicted octanol–water partition coefficient (Wildman–Crippen LogP) is 2.70. The normalized spacial score (nSPS) is 9.58. The number of hydrogen-bond donors (Lipinski definition) is 1. The Morgan fingerprint density at radius 1 is 1.42 bits per heavy atom. The van der Waals surface area contributed by atoms with Gasteiger partial charge in [-0.3, -0.25) is 4.79 Å². The topological polar surface area (TPSA) is 29.1 Å². The van der Waals surface area contributed by atoms with Crippen LogP contribution in [0.3, 0.4) is 0 Å². The lowest BCUT2D eigenvalue weighted by Gasteiger charge is -2.02. The first-order valence-electron chi connectivity index (χ1n) is 3.00. The quantitative estimate of drug-likeness (QED) is 0.587. The summed E-state index contributed by atoms with van der Waals surface area (Å²) in [5.74, 6) is -0.726. The van der Waals surface area contributed by atoms with Gasteiger partial charge in [-0.25, -0.2) is 4.39 Å². The minimum absolute atomic E-state index is 0.0133. The predicted molar refractivity (Wildman–Crippen MR) is 46.1 cm³/mol. The second kappa shape index (κ2) is 3.74. The Hall–Kier alpha value is -0.800.